The first-order valence-electron chi connectivity index (χ1n) is 3.81. The normalized spacial score (nSPS) is 10.2. The van der Waals surface area contributed by atoms with Crippen molar-refractivity contribution in [3.05, 3.63) is 11.4 Å². The highest BCUT2D eigenvalue weighted by Crippen LogP contribution is 2.02. The maximum atomic E-state index is 10.4. The van der Waals surface area contributed by atoms with Crippen LogP contribution in [-0.4, -0.2) is 33.0 Å². The number of carbonyl (C=O) groups is 1. The maximum absolute atomic E-state index is 10.4. The minimum atomic E-state index is 0.00859. The van der Waals surface area contributed by atoms with Gasteiger partial charge in [-0.1, -0.05) is 12.1 Å². The van der Waals surface area contributed by atoms with E-state index in [0.717, 1.165) is 5.69 Å². The highest BCUT2D eigenvalue weighted by Gasteiger charge is 2.08. The molecule has 0 radical (unpaired) electrons. The maximum Gasteiger partial charge on any atom is 0.172 e. The van der Waals surface area contributed by atoms with Crippen LogP contribution in [0, 0.1) is 0 Å². The molecule has 66 valence electrons. The van der Waals surface area contributed by atoms with Gasteiger partial charge in [-0.2, -0.15) is 0 Å². The summed E-state index contributed by atoms with van der Waals surface area (Å²) >= 11 is 0. The van der Waals surface area contributed by atoms with E-state index in [9.17, 15) is 4.79 Å². The number of aromatic nitrogens is 3. The summed E-state index contributed by atoms with van der Waals surface area (Å²) in [6, 6.07) is 0. The molecule has 0 unspecified atom stereocenters. The van der Waals surface area contributed by atoms with Gasteiger partial charge in [0, 0.05) is 0 Å². The Labute approximate surface area is 70.0 Å². The lowest BCUT2D eigenvalue weighted by Gasteiger charge is -2.00. The van der Waals surface area contributed by atoms with Gasteiger partial charge in [-0.05, 0) is 6.42 Å². The Morgan fingerprint density at radius 2 is 2.42 bits per heavy atom. The van der Waals surface area contributed by atoms with Crippen LogP contribution in [0.15, 0.2) is 0 Å². The number of aldehydes is 1. The van der Waals surface area contributed by atoms with E-state index in [2.05, 4.69) is 10.3 Å². The van der Waals surface area contributed by atoms with E-state index in [0.29, 0.717) is 24.9 Å². The van der Waals surface area contributed by atoms with Crippen LogP contribution in [0.25, 0.3) is 0 Å². The van der Waals surface area contributed by atoms with Gasteiger partial charge in [0.1, 0.15) is 5.69 Å². The monoisotopic (exact) mass is 169 g/mol. The van der Waals surface area contributed by atoms with E-state index < -0.39 is 0 Å². The number of hydrogen-bond acceptors (Lipinski definition) is 4. The van der Waals surface area contributed by atoms with Crippen molar-refractivity contribution in [1.82, 2.24) is 15.0 Å². The summed E-state index contributed by atoms with van der Waals surface area (Å²) in [4.78, 5) is 10.4. The van der Waals surface area contributed by atoms with E-state index in [1.54, 1.807) is 4.68 Å². The second-order valence-electron chi connectivity index (χ2n) is 2.34. The van der Waals surface area contributed by atoms with Crippen molar-refractivity contribution in [3.8, 4) is 0 Å². The fourth-order valence-electron chi connectivity index (χ4n) is 1.08. The molecule has 1 rings (SSSR count). The van der Waals surface area contributed by atoms with Crippen LogP contribution in [0.1, 0.15) is 23.1 Å². The predicted molar refractivity (Wildman–Crippen MR) is 41.9 cm³/mol. The lowest BCUT2D eigenvalue weighted by atomic mass is 10.3. The summed E-state index contributed by atoms with van der Waals surface area (Å²) < 4.78 is 1.55. The van der Waals surface area contributed by atoms with E-state index in [4.69, 9.17) is 5.11 Å². The molecule has 0 spiro atoms. The van der Waals surface area contributed by atoms with Crippen LogP contribution in [0.3, 0.4) is 0 Å². The molecule has 5 nitrogen and oxygen atoms in total. The summed E-state index contributed by atoms with van der Waals surface area (Å²) in [5.74, 6) is 0. The molecule has 0 atom stereocenters. The molecule has 0 bridgehead atoms. The Kier molecular flexibility index (Phi) is 2.93. The van der Waals surface area contributed by atoms with Crippen molar-refractivity contribution in [2.45, 2.75) is 19.9 Å². The molecule has 0 amide bonds. The van der Waals surface area contributed by atoms with Gasteiger partial charge in [0.25, 0.3) is 0 Å². The van der Waals surface area contributed by atoms with Gasteiger partial charge in [-0.3, -0.25) is 4.79 Å². The van der Waals surface area contributed by atoms with Crippen molar-refractivity contribution in [2.24, 2.45) is 0 Å². The first-order valence-corrected chi connectivity index (χ1v) is 3.81. The minimum absolute atomic E-state index is 0.00859. The van der Waals surface area contributed by atoms with Gasteiger partial charge >= 0.3 is 0 Å². The van der Waals surface area contributed by atoms with Crippen LogP contribution < -0.4 is 0 Å². The topological polar surface area (TPSA) is 68.0 Å². The van der Waals surface area contributed by atoms with Crippen molar-refractivity contribution in [2.75, 3.05) is 6.61 Å². The van der Waals surface area contributed by atoms with Crippen LogP contribution in [-0.2, 0) is 13.0 Å². The Bertz CT molecular complexity index is 270. The molecule has 12 heavy (non-hydrogen) atoms. The van der Waals surface area contributed by atoms with Crippen molar-refractivity contribution < 1.29 is 9.90 Å². The molecule has 0 aromatic carbocycles. The molecule has 0 fully saturated rings. The highest BCUT2D eigenvalue weighted by atomic mass is 16.3. The number of rotatable bonds is 4. The van der Waals surface area contributed by atoms with Crippen LogP contribution in [0.2, 0.25) is 0 Å². The zero-order valence-corrected chi connectivity index (χ0v) is 6.90. The van der Waals surface area contributed by atoms with Crippen molar-refractivity contribution in [1.29, 1.82) is 0 Å². The van der Waals surface area contributed by atoms with Gasteiger partial charge in [0.05, 0.1) is 18.8 Å². The third-order valence-corrected chi connectivity index (χ3v) is 1.63. The summed E-state index contributed by atoms with van der Waals surface area (Å²) in [6.07, 6.45) is 1.38. The Balaban J connectivity index is 2.96. The van der Waals surface area contributed by atoms with Gasteiger partial charge < -0.3 is 5.11 Å². The lowest BCUT2D eigenvalue weighted by molar-refractivity contribution is 0.111. The molecule has 1 heterocycles. The van der Waals surface area contributed by atoms with Crippen LogP contribution in [0.4, 0.5) is 0 Å². The van der Waals surface area contributed by atoms with Crippen LogP contribution in [0.5, 0.6) is 0 Å². The number of carbonyl (C=O) groups excluding carboxylic acids is 1. The van der Waals surface area contributed by atoms with E-state index >= 15 is 0 Å². The fourth-order valence-corrected chi connectivity index (χ4v) is 1.08. The average Bonchev–Trinajstić information content (AvgIpc) is 2.47. The lowest BCUT2D eigenvalue weighted by Crippen LogP contribution is -2.08. The predicted octanol–water partition coefficient (Wildman–Crippen LogP) is -0.355. The molecule has 0 saturated carbocycles. The molecule has 0 saturated heterocycles. The summed E-state index contributed by atoms with van der Waals surface area (Å²) in [6.45, 7) is 2.32. The van der Waals surface area contributed by atoms with E-state index in [-0.39, 0.29) is 6.61 Å². The Hall–Kier alpha value is -1.23. The number of aliphatic hydroxyl groups excluding tert-OH is 1. The van der Waals surface area contributed by atoms with Crippen molar-refractivity contribution >= 4 is 6.29 Å². The third kappa shape index (κ3) is 1.50. The molecule has 0 aliphatic heterocycles. The molecule has 0 aliphatic carbocycles. The van der Waals surface area contributed by atoms with Gasteiger partial charge in [0.2, 0.25) is 0 Å². The number of hydrogen-bond donors (Lipinski definition) is 1. The molecular weight excluding hydrogens is 158 g/mol. The molecule has 1 N–H and O–H groups in total. The van der Waals surface area contributed by atoms with E-state index in [1.807, 2.05) is 6.92 Å². The van der Waals surface area contributed by atoms with Gasteiger partial charge in [0.15, 0.2) is 6.29 Å². The molecule has 1 aromatic heterocycles. The van der Waals surface area contributed by atoms with Crippen LogP contribution >= 0.6 is 0 Å². The minimum Gasteiger partial charge on any atom is -0.394 e. The number of nitrogens with zero attached hydrogens (tertiary/aromatic N) is 3. The molecular formula is C7H11N3O2. The Morgan fingerprint density at radius 3 is 2.92 bits per heavy atom. The molecule has 0 aliphatic rings. The quantitative estimate of drug-likeness (QED) is 0.625. The summed E-state index contributed by atoms with van der Waals surface area (Å²) in [5.41, 5.74) is 1.14. The van der Waals surface area contributed by atoms with Gasteiger partial charge in [-0.25, -0.2) is 4.68 Å². The second-order valence-corrected chi connectivity index (χ2v) is 2.34. The van der Waals surface area contributed by atoms with E-state index in [1.165, 1.54) is 0 Å². The second kappa shape index (κ2) is 3.96. The zero-order chi connectivity index (χ0) is 8.97. The average molecular weight is 169 g/mol. The smallest absolute Gasteiger partial charge is 0.172 e. The molecule has 5 heteroatoms. The number of aliphatic hydroxyl groups is 1. The summed E-state index contributed by atoms with van der Waals surface area (Å²) in [7, 11) is 0. The zero-order valence-electron chi connectivity index (χ0n) is 6.90. The SMILES string of the molecule is CCc1c(C=O)nnn1CCO. The van der Waals surface area contributed by atoms with Crippen molar-refractivity contribution in [3.63, 3.8) is 0 Å². The standard InChI is InChI=1S/C7H11N3O2/c1-2-7-6(5-12)8-9-10(7)3-4-11/h5,11H,2-4H2,1H3. The third-order valence-electron chi connectivity index (χ3n) is 1.63. The largest absolute Gasteiger partial charge is 0.394 e. The summed E-state index contributed by atoms with van der Waals surface area (Å²) in [5, 5.41) is 16.0. The highest BCUT2D eigenvalue weighted by molar-refractivity contribution is 5.73. The van der Waals surface area contributed by atoms with Gasteiger partial charge in [-0.15, -0.1) is 5.10 Å². The Morgan fingerprint density at radius 1 is 1.67 bits per heavy atom. The fraction of sp³-hybridized carbons (Fsp3) is 0.571. The molecule has 1 aromatic rings. The first-order chi connectivity index (χ1) is 5.83. The first kappa shape index (κ1) is 8.86.